The number of fused-ring (bicyclic) bond motifs is 3. The molecule has 3 fully saturated rings. The fourth-order valence-corrected chi connectivity index (χ4v) is 7.36. The lowest BCUT2D eigenvalue weighted by Gasteiger charge is -2.43. The zero-order chi connectivity index (χ0) is 26.1. The van der Waals surface area contributed by atoms with Gasteiger partial charge in [-0.2, -0.15) is 0 Å². The average Bonchev–Trinajstić information content (AvgIpc) is 3.12. The predicted octanol–water partition coefficient (Wildman–Crippen LogP) is 5.51. The van der Waals surface area contributed by atoms with Crippen LogP contribution < -0.4 is 0 Å². The molecule has 4 aliphatic rings. The van der Waals surface area contributed by atoms with Crippen LogP contribution in [0.25, 0.3) is 6.08 Å². The number of hydrogen-bond donors (Lipinski definition) is 2. The lowest BCUT2D eigenvalue weighted by atomic mass is 9.58. The number of carbonyl (C=O) groups is 2. The van der Waals surface area contributed by atoms with Gasteiger partial charge in [-0.1, -0.05) is 62.0 Å². The largest absolute Gasteiger partial charge is 0.508 e. The van der Waals surface area contributed by atoms with E-state index >= 15 is 0 Å². The first kappa shape index (κ1) is 26.2. The molecule has 0 spiro atoms. The van der Waals surface area contributed by atoms with Gasteiger partial charge in [0.05, 0.1) is 17.9 Å². The normalized spacial score (nSPS) is 29.1. The summed E-state index contributed by atoms with van der Waals surface area (Å²) in [5, 5.41) is 20.5. The molecular weight excluding hydrogens is 465 g/mol. The molecular formula is C30H40BNO5. The summed E-state index contributed by atoms with van der Waals surface area (Å²) in [5.41, 5.74) is 4.56. The number of aromatic hydroxyl groups is 1. The molecule has 2 heterocycles. The Hall–Kier alpha value is -2.38. The summed E-state index contributed by atoms with van der Waals surface area (Å²) in [5.74, 6) is -0.524. The molecule has 6 nitrogen and oxygen atoms in total. The Morgan fingerprint density at radius 3 is 2.68 bits per heavy atom. The Labute approximate surface area is 220 Å². The summed E-state index contributed by atoms with van der Waals surface area (Å²) >= 11 is 0. The first-order chi connectivity index (χ1) is 17.9. The Morgan fingerprint density at radius 1 is 1.16 bits per heavy atom. The second-order valence-electron chi connectivity index (χ2n) is 11.5. The molecule has 5 rings (SSSR count). The van der Waals surface area contributed by atoms with Crippen molar-refractivity contribution in [3.63, 3.8) is 0 Å². The highest BCUT2D eigenvalue weighted by atomic mass is 16.5. The van der Waals surface area contributed by atoms with Crippen LogP contribution in [0, 0.1) is 17.8 Å². The van der Waals surface area contributed by atoms with E-state index in [1.54, 1.807) is 17.0 Å². The van der Waals surface area contributed by atoms with Crippen molar-refractivity contribution in [1.82, 2.24) is 4.90 Å². The quantitative estimate of drug-likeness (QED) is 0.290. The van der Waals surface area contributed by atoms with Crippen molar-refractivity contribution in [2.45, 2.75) is 96.5 Å². The van der Waals surface area contributed by atoms with Gasteiger partial charge in [0.25, 0.3) is 0 Å². The van der Waals surface area contributed by atoms with E-state index in [1.807, 2.05) is 12.1 Å². The summed E-state index contributed by atoms with van der Waals surface area (Å²) < 4.78 is 6.13. The van der Waals surface area contributed by atoms with E-state index in [1.165, 1.54) is 17.6 Å². The highest BCUT2D eigenvalue weighted by Crippen LogP contribution is 2.52. The molecule has 2 saturated heterocycles. The molecule has 198 valence electrons. The number of hydrogen-bond acceptors (Lipinski definition) is 5. The highest BCUT2D eigenvalue weighted by Gasteiger charge is 2.58. The summed E-state index contributed by atoms with van der Waals surface area (Å²) in [4.78, 5) is 29.1. The first-order valence-electron chi connectivity index (χ1n) is 14.3. The van der Waals surface area contributed by atoms with Gasteiger partial charge < -0.3 is 14.8 Å². The molecule has 7 heteroatoms. The third-order valence-electron chi connectivity index (χ3n) is 8.92. The summed E-state index contributed by atoms with van der Waals surface area (Å²) in [6.45, 7) is 4.22. The predicted molar refractivity (Wildman–Crippen MR) is 144 cm³/mol. The van der Waals surface area contributed by atoms with Crippen LogP contribution in [0.5, 0.6) is 5.75 Å². The topological polar surface area (TPSA) is 87.1 Å². The minimum absolute atomic E-state index is 0.00670. The van der Waals surface area contributed by atoms with Crippen LogP contribution >= 0.6 is 0 Å². The molecule has 4 atom stereocenters. The molecule has 2 aliphatic carbocycles. The first-order valence-corrected chi connectivity index (χ1v) is 14.3. The van der Waals surface area contributed by atoms with Gasteiger partial charge >= 0.3 is 7.12 Å². The number of amides is 2. The number of phenolic OH excluding ortho intramolecular Hbond substituents is 1. The van der Waals surface area contributed by atoms with Gasteiger partial charge in [0.2, 0.25) is 11.8 Å². The minimum atomic E-state index is -0.928. The molecule has 2 N–H and O–H groups in total. The molecule has 0 radical (unpaired) electrons. The third-order valence-corrected chi connectivity index (χ3v) is 8.92. The van der Waals surface area contributed by atoms with E-state index in [4.69, 9.17) is 4.65 Å². The highest BCUT2D eigenvalue weighted by molar-refractivity contribution is 6.43. The van der Waals surface area contributed by atoms with Crippen molar-refractivity contribution in [3.8, 4) is 5.75 Å². The van der Waals surface area contributed by atoms with E-state index in [0.717, 1.165) is 56.1 Å². The van der Waals surface area contributed by atoms with E-state index in [9.17, 15) is 19.7 Å². The Bertz CT molecular complexity index is 1090. The summed E-state index contributed by atoms with van der Waals surface area (Å²) in [6.07, 6.45) is 11.4. The zero-order valence-corrected chi connectivity index (χ0v) is 22.2. The maximum Gasteiger partial charge on any atom is 0.455 e. The SMILES string of the molecule is CCCC1=C2[C@@H](CC/C(C)=C/c3cccc(O)c3)OB(O)C[C@@H]2[C@@H]2C(=O)N(C3CCCCC3)C(=O)[C@@H]2C1. The van der Waals surface area contributed by atoms with Crippen LogP contribution in [-0.4, -0.2) is 46.1 Å². The van der Waals surface area contributed by atoms with Crippen molar-refractivity contribution in [2.75, 3.05) is 0 Å². The molecule has 37 heavy (non-hydrogen) atoms. The van der Waals surface area contributed by atoms with Crippen molar-refractivity contribution < 1.29 is 24.4 Å². The number of nitrogens with zero attached hydrogens (tertiary/aromatic N) is 1. The smallest absolute Gasteiger partial charge is 0.455 e. The maximum atomic E-state index is 13.8. The van der Waals surface area contributed by atoms with Gasteiger partial charge in [0, 0.05) is 6.04 Å². The fourth-order valence-electron chi connectivity index (χ4n) is 7.36. The Kier molecular flexibility index (Phi) is 7.92. The van der Waals surface area contributed by atoms with E-state index in [2.05, 4.69) is 19.9 Å². The van der Waals surface area contributed by atoms with Crippen molar-refractivity contribution >= 4 is 25.0 Å². The van der Waals surface area contributed by atoms with E-state index in [-0.39, 0.29) is 47.5 Å². The molecule has 0 aromatic heterocycles. The van der Waals surface area contributed by atoms with Crippen LogP contribution in [-0.2, 0) is 14.2 Å². The van der Waals surface area contributed by atoms with Crippen LogP contribution in [0.4, 0.5) is 0 Å². The second kappa shape index (κ2) is 11.2. The van der Waals surface area contributed by atoms with Crippen molar-refractivity contribution in [3.05, 3.63) is 46.5 Å². The second-order valence-corrected chi connectivity index (χ2v) is 11.5. The van der Waals surface area contributed by atoms with Gasteiger partial charge in [-0.05, 0) is 81.0 Å². The van der Waals surface area contributed by atoms with Gasteiger partial charge in [0.15, 0.2) is 0 Å². The molecule has 0 bridgehead atoms. The van der Waals surface area contributed by atoms with Crippen molar-refractivity contribution in [1.29, 1.82) is 0 Å². The van der Waals surface area contributed by atoms with Gasteiger partial charge in [-0.15, -0.1) is 0 Å². The number of allylic oxidation sites excluding steroid dienone is 2. The van der Waals surface area contributed by atoms with Crippen molar-refractivity contribution in [2.24, 2.45) is 17.8 Å². The molecule has 0 unspecified atom stereocenters. The Morgan fingerprint density at radius 2 is 1.95 bits per heavy atom. The molecule has 2 aliphatic heterocycles. The van der Waals surface area contributed by atoms with Crippen LogP contribution in [0.3, 0.4) is 0 Å². The number of imide groups is 1. The number of likely N-dealkylation sites (tertiary alicyclic amines) is 1. The summed E-state index contributed by atoms with van der Waals surface area (Å²) in [7, 11) is -0.928. The molecule has 1 aromatic carbocycles. The standard InChI is InChI=1S/C30H40BNO5/c1-3-8-21-17-24-28(30(35)32(29(24)34)22-10-5-4-6-11-22)25-18-31(36)37-26(27(21)25)14-13-19(2)15-20-9-7-12-23(33)16-20/h7,9,12,15-16,22,24-26,28,33,36H,3-6,8,10-11,13-14,17-18H2,1-2H3/b19-15+/t24-,25+,26-,28-/m1/s1. The van der Waals surface area contributed by atoms with Crippen LogP contribution in [0.15, 0.2) is 41.0 Å². The maximum absolute atomic E-state index is 13.8. The van der Waals surface area contributed by atoms with E-state index in [0.29, 0.717) is 19.2 Å². The van der Waals surface area contributed by atoms with E-state index < -0.39 is 7.12 Å². The minimum Gasteiger partial charge on any atom is -0.508 e. The average molecular weight is 505 g/mol. The number of carbonyl (C=O) groups excluding carboxylic acids is 2. The zero-order valence-electron chi connectivity index (χ0n) is 22.2. The summed E-state index contributed by atoms with van der Waals surface area (Å²) in [6, 6.07) is 7.24. The number of phenols is 1. The molecule has 1 aromatic rings. The lowest BCUT2D eigenvalue weighted by molar-refractivity contribution is -0.143. The lowest BCUT2D eigenvalue weighted by Crippen LogP contribution is -2.46. The number of rotatable bonds is 7. The third kappa shape index (κ3) is 5.30. The van der Waals surface area contributed by atoms with Gasteiger partial charge in [-0.3, -0.25) is 14.5 Å². The van der Waals surface area contributed by atoms with Crippen LogP contribution in [0.2, 0.25) is 6.32 Å². The van der Waals surface area contributed by atoms with Crippen LogP contribution in [0.1, 0.15) is 83.6 Å². The van der Waals surface area contributed by atoms with Gasteiger partial charge in [0.1, 0.15) is 5.75 Å². The Balaban J connectivity index is 1.40. The van der Waals surface area contributed by atoms with Gasteiger partial charge in [-0.25, -0.2) is 0 Å². The number of benzene rings is 1. The molecule has 1 saturated carbocycles. The monoisotopic (exact) mass is 505 g/mol. The fraction of sp³-hybridized carbons (Fsp3) is 0.600. The molecule has 2 amide bonds.